The lowest BCUT2D eigenvalue weighted by Crippen LogP contribution is -2.52. The summed E-state index contributed by atoms with van der Waals surface area (Å²) in [4.78, 5) is 28.8. The summed E-state index contributed by atoms with van der Waals surface area (Å²) in [5.41, 5.74) is 3.63. The highest BCUT2D eigenvalue weighted by Gasteiger charge is 2.40. The van der Waals surface area contributed by atoms with Gasteiger partial charge in [0, 0.05) is 62.7 Å². The Bertz CT molecular complexity index is 1310. The second-order valence-electron chi connectivity index (χ2n) is 11.1. The molecule has 1 aromatic carbocycles. The van der Waals surface area contributed by atoms with Crippen LogP contribution in [-0.4, -0.2) is 90.4 Å². The molecule has 5 aliphatic heterocycles. The first kappa shape index (κ1) is 24.5. The Labute approximate surface area is 229 Å². The predicted octanol–water partition coefficient (Wildman–Crippen LogP) is 3.00. The average molecular weight is 526 g/mol. The molecule has 9 heteroatoms. The molecule has 0 aliphatic carbocycles. The maximum atomic E-state index is 14.1. The maximum Gasteiger partial charge on any atom is 0.254 e. The number of fused-ring (bicyclic) bond motifs is 3. The summed E-state index contributed by atoms with van der Waals surface area (Å²) in [6, 6.07) is 14.8. The molecule has 3 unspecified atom stereocenters. The lowest BCUT2D eigenvalue weighted by atomic mass is 9.93. The number of carbonyl (C=O) groups excluding carboxylic acids is 1. The molecule has 202 valence electrons. The van der Waals surface area contributed by atoms with Crippen LogP contribution in [-0.2, 0) is 4.74 Å². The fourth-order valence-electron chi connectivity index (χ4n) is 6.54. The molecule has 39 heavy (non-hydrogen) atoms. The molecule has 1 amide bonds. The van der Waals surface area contributed by atoms with Gasteiger partial charge in [-0.1, -0.05) is 30.3 Å². The molecule has 0 saturated carbocycles. The van der Waals surface area contributed by atoms with E-state index in [1.807, 2.05) is 53.8 Å². The van der Waals surface area contributed by atoms with Crippen molar-refractivity contribution in [2.24, 2.45) is 10.1 Å². The molecule has 7 rings (SSSR count). The van der Waals surface area contributed by atoms with Gasteiger partial charge in [-0.15, -0.1) is 0 Å². The third-order valence-corrected chi connectivity index (χ3v) is 8.78. The van der Waals surface area contributed by atoms with Crippen molar-refractivity contribution in [1.29, 1.82) is 0 Å². The first-order chi connectivity index (χ1) is 19.2. The fourth-order valence-corrected chi connectivity index (χ4v) is 6.54. The number of aliphatic imine (C=N–C) groups is 1. The number of allylic oxidation sites excluding steroid dienone is 1. The van der Waals surface area contributed by atoms with E-state index in [0.717, 1.165) is 73.8 Å². The summed E-state index contributed by atoms with van der Waals surface area (Å²) in [5.74, 6) is 0.940. The quantitative estimate of drug-likeness (QED) is 0.646. The van der Waals surface area contributed by atoms with E-state index in [-0.39, 0.29) is 30.1 Å². The van der Waals surface area contributed by atoms with E-state index in [2.05, 4.69) is 32.4 Å². The topological polar surface area (TPSA) is 85.7 Å². The highest BCUT2D eigenvalue weighted by Crippen LogP contribution is 2.36. The van der Waals surface area contributed by atoms with E-state index < -0.39 is 0 Å². The zero-order chi connectivity index (χ0) is 26.3. The minimum absolute atomic E-state index is 0.0281. The normalized spacial score (nSPS) is 28.1. The van der Waals surface area contributed by atoms with E-state index in [4.69, 9.17) is 14.7 Å². The molecule has 3 fully saturated rings. The van der Waals surface area contributed by atoms with E-state index in [0.29, 0.717) is 12.5 Å². The number of anilines is 1. The number of hydrogen-bond donors (Lipinski definition) is 1. The van der Waals surface area contributed by atoms with Crippen LogP contribution in [0.1, 0.15) is 53.2 Å². The van der Waals surface area contributed by atoms with E-state index in [9.17, 15) is 4.79 Å². The Hall–Kier alpha value is -3.56. The third-order valence-electron chi connectivity index (χ3n) is 8.78. The molecule has 2 aromatic rings. The largest absolute Gasteiger partial charge is 0.378 e. The molecule has 4 atom stereocenters. The number of pyridine rings is 1. The Balaban J connectivity index is 1.25. The molecule has 6 heterocycles. The van der Waals surface area contributed by atoms with Gasteiger partial charge in [-0.25, -0.2) is 9.99 Å². The molecule has 3 saturated heterocycles. The summed E-state index contributed by atoms with van der Waals surface area (Å²) in [7, 11) is 1.75. The SMILES string of the molecule is COC1CN(c2cc(C(=O)N3C4CC[C@@H]3CCNC4)cc(C3CC=NN4C=CC(c5ccccc5)=NC34)n2)C1. The summed E-state index contributed by atoms with van der Waals surface area (Å²) in [5, 5.41) is 10.0. The van der Waals surface area contributed by atoms with Gasteiger partial charge in [-0.05, 0) is 56.0 Å². The summed E-state index contributed by atoms with van der Waals surface area (Å²) in [6.07, 6.45) is 9.80. The number of methoxy groups -OCH3 is 1. The summed E-state index contributed by atoms with van der Waals surface area (Å²) >= 11 is 0. The first-order valence-corrected chi connectivity index (χ1v) is 14.1. The van der Waals surface area contributed by atoms with Crippen LogP contribution in [0.15, 0.2) is 64.8 Å². The minimum Gasteiger partial charge on any atom is -0.378 e. The Morgan fingerprint density at radius 2 is 1.92 bits per heavy atom. The number of hydrogen-bond acceptors (Lipinski definition) is 8. The van der Waals surface area contributed by atoms with Gasteiger partial charge < -0.3 is 19.9 Å². The number of hydrazone groups is 1. The monoisotopic (exact) mass is 525 g/mol. The van der Waals surface area contributed by atoms with Gasteiger partial charge in [0.2, 0.25) is 0 Å². The van der Waals surface area contributed by atoms with Crippen molar-refractivity contribution >= 4 is 23.7 Å². The second-order valence-corrected chi connectivity index (χ2v) is 11.1. The standard InChI is InChI=1S/C30H35N7O2/c1-39-24-18-35(19-24)28-16-21(30(38)37-22-7-8-23(37)17-31-12-9-22)15-27(33-28)25-10-13-32-36-14-11-26(34-29(25)36)20-5-3-2-4-6-20/h2-6,11,13-16,22-25,29,31H,7-10,12,17-19H2,1H3/t22-,23?,25?,29?/m1/s1. The van der Waals surface area contributed by atoms with Crippen LogP contribution in [0.5, 0.6) is 0 Å². The first-order valence-electron chi connectivity index (χ1n) is 14.1. The lowest BCUT2D eigenvalue weighted by Gasteiger charge is -2.40. The van der Waals surface area contributed by atoms with Gasteiger partial charge in [0.05, 0.1) is 17.5 Å². The van der Waals surface area contributed by atoms with E-state index in [1.165, 1.54) is 0 Å². The van der Waals surface area contributed by atoms with Gasteiger partial charge in [0.15, 0.2) is 6.17 Å². The number of amides is 1. The molecule has 0 radical (unpaired) electrons. The van der Waals surface area contributed by atoms with Crippen LogP contribution in [0.25, 0.3) is 0 Å². The van der Waals surface area contributed by atoms with Gasteiger partial charge in [-0.2, -0.15) is 5.10 Å². The van der Waals surface area contributed by atoms with E-state index in [1.54, 1.807) is 7.11 Å². The number of carbonyl (C=O) groups is 1. The number of aromatic nitrogens is 1. The smallest absolute Gasteiger partial charge is 0.254 e. The van der Waals surface area contributed by atoms with Crippen molar-refractivity contribution in [3.8, 4) is 0 Å². The van der Waals surface area contributed by atoms with Crippen molar-refractivity contribution in [2.45, 2.75) is 56.0 Å². The summed E-state index contributed by atoms with van der Waals surface area (Å²) in [6.45, 7) is 3.40. The molecule has 1 N–H and O–H groups in total. The Morgan fingerprint density at radius 1 is 1.08 bits per heavy atom. The van der Waals surface area contributed by atoms with Crippen molar-refractivity contribution < 1.29 is 9.53 Å². The number of ether oxygens (including phenoxy) is 1. The number of rotatable bonds is 5. The molecule has 9 nitrogen and oxygen atoms in total. The summed E-state index contributed by atoms with van der Waals surface area (Å²) < 4.78 is 5.53. The third kappa shape index (κ3) is 4.53. The zero-order valence-corrected chi connectivity index (χ0v) is 22.3. The van der Waals surface area contributed by atoms with Gasteiger partial charge in [-0.3, -0.25) is 9.79 Å². The molecular weight excluding hydrogens is 490 g/mol. The zero-order valence-electron chi connectivity index (χ0n) is 22.3. The Kier molecular flexibility index (Phi) is 6.40. The lowest BCUT2D eigenvalue weighted by molar-refractivity contribution is 0.0679. The Morgan fingerprint density at radius 3 is 2.77 bits per heavy atom. The molecular formula is C30H35N7O2. The van der Waals surface area contributed by atoms with Crippen molar-refractivity contribution in [3.05, 3.63) is 71.6 Å². The van der Waals surface area contributed by atoms with Crippen LogP contribution < -0.4 is 10.2 Å². The molecule has 2 bridgehead atoms. The fraction of sp³-hybridized carbons (Fsp3) is 0.467. The van der Waals surface area contributed by atoms with Gasteiger partial charge in [0.1, 0.15) is 5.82 Å². The van der Waals surface area contributed by atoms with Gasteiger partial charge in [0.25, 0.3) is 5.91 Å². The van der Waals surface area contributed by atoms with Crippen molar-refractivity contribution in [2.75, 3.05) is 38.2 Å². The maximum absolute atomic E-state index is 14.1. The number of benzene rings is 1. The van der Waals surface area contributed by atoms with Crippen LogP contribution in [0.3, 0.4) is 0 Å². The number of nitrogens with one attached hydrogen (secondary N) is 1. The van der Waals surface area contributed by atoms with Crippen molar-refractivity contribution in [3.63, 3.8) is 0 Å². The predicted molar refractivity (Wildman–Crippen MR) is 151 cm³/mol. The van der Waals surface area contributed by atoms with E-state index >= 15 is 0 Å². The van der Waals surface area contributed by atoms with Crippen LogP contribution >= 0.6 is 0 Å². The molecule has 1 aromatic heterocycles. The highest BCUT2D eigenvalue weighted by molar-refractivity contribution is 6.09. The highest BCUT2D eigenvalue weighted by atomic mass is 16.5. The van der Waals surface area contributed by atoms with Gasteiger partial charge >= 0.3 is 0 Å². The average Bonchev–Trinajstić information content (AvgIpc) is 3.23. The molecule has 5 aliphatic rings. The second kappa shape index (κ2) is 10.2. The van der Waals surface area contributed by atoms with Crippen LogP contribution in [0.4, 0.5) is 5.82 Å². The van der Waals surface area contributed by atoms with Crippen LogP contribution in [0.2, 0.25) is 0 Å². The molecule has 0 spiro atoms. The number of nitrogens with zero attached hydrogens (tertiary/aromatic N) is 6. The minimum atomic E-state index is -0.220. The van der Waals surface area contributed by atoms with Crippen molar-refractivity contribution in [1.82, 2.24) is 20.2 Å². The van der Waals surface area contributed by atoms with Crippen LogP contribution in [0, 0.1) is 0 Å².